The molecule has 1 fully saturated rings. The number of amides is 1. The van der Waals surface area contributed by atoms with Crippen LogP contribution in [-0.2, 0) is 16.0 Å². The van der Waals surface area contributed by atoms with Crippen molar-refractivity contribution >= 4 is 17.0 Å². The highest BCUT2D eigenvalue weighted by molar-refractivity contribution is 5.81. The molecule has 8 heteroatoms. The van der Waals surface area contributed by atoms with Crippen molar-refractivity contribution in [1.82, 2.24) is 20.3 Å². The van der Waals surface area contributed by atoms with Crippen LogP contribution in [0.15, 0.2) is 42.7 Å². The molecule has 36 heavy (non-hydrogen) atoms. The van der Waals surface area contributed by atoms with Gasteiger partial charge in [-0.15, -0.1) is 0 Å². The van der Waals surface area contributed by atoms with E-state index in [1.807, 2.05) is 51.1 Å². The van der Waals surface area contributed by atoms with Crippen LogP contribution in [0.3, 0.4) is 0 Å². The Morgan fingerprint density at radius 1 is 1.06 bits per heavy atom. The molecule has 0 aliphatic carbocycles. The number of hydrogen-bond donors (Lipinski definition) is 1. The van der Waals surface area contributed by atoms with Crippen molar-refractivity contribution in [2.24, 2.45) is 0 Å². The van der Waals surface area contributed by atoms with Gasteiger partial charge < -0.3 is 19.5 Å². The zero-order valence-electron chi connectivity index (χ0n) is 22.2. The first kappa shape index (κ1) is 25.8. The molecule has 1 N–H and O–H groups in total. The number of alkyl carbamates (subject to hydrolysis) is 1. The SMILES string of the molecule is CC(C)(C)OC(=O)NCc1cc2nc(-c3ccc(OC4CC(C)(C)OC(C)(C)C4)nc3)ccc2cn1. The molecule has 0 aromatic carbocycles. The molecule has 4 heterocycles. The summed E-state index contributed by atoms with van der Waals surface area (Å²) in [6.07, 6.45) is 4.72. The highest BCUT2D eigenvalue weighted by Gasteiger charge is 2.40. The van der Waals surface area contributed by atoms with Gasteiger partial charge in [0.15, 0.2) is 0 Å². The molecule has 0 atom stereocenters. The zero-order chi connectivity index (χ0) is 26.1. The first-order valence-corrected chi connectivity index (χ1v) is 12.3. The van der Waals surface area contributed by atoms with Crippen LogP contribution in [0.4, 0.5) is 4.79 Å². The van der Waals surface area contributed by atoms with Gasteiger partial charge in [0.05, 0.1) is 34.7 Å². The van der Waals surface area contributed by atoms with Crippen LogP contribution < -0.4 is 10.1 Å². The van der Waals surface area contributed by atoms with Gasteiger partial charge in [-0.05, 0) is 72.7 Å². The largest absolute Gasteiger partial charge is 0.474 e. The van der Waals surface area contributed by atoms with Gasteiger partial charge in [-0.1, -0.05) is 0 Å². The summed E-state index contributed by atoms with van der Waals surface area (Å²) in [5.41, 5.74) is 2.14. The molecule has 192 valence electrons. The summed E-state index contributed by atoms with van der Waals surface area (Å²) in [5, 5.41) is 3.65. The third kappa shape index (κ3) is 6.91. The van der Waals surface area contributed by atoms with E-state index in [1.165, 1.54) is 0 Å². The average Bonchev–Trinajstić information content (AvgIpc) is 2.74. The number of aromatic nitrogens is 3. The molecule has 1 aliphatic heterocycles. The molecule has 0 unspecified atom stereocenters. The minimum Gasteiger partial charge on any atom is -0.474 e. The Hall–Kier alpha value is -3.26. The van der Waals surface area contributed by atoms with Gasteiger partial charge >= 0.3 is 6.09 Å². The fourth-order valence-corrected chi connectivity index (χ4v) is 4.65. The smallest absolute Gasteiger partial charge is 0.407 e. The average molecular weight is 493 g/mol. The van der Waals surface area contributed by atoms with Crippen LogP contribution in [0, 0.1) is 0 Å². The van der Waals surface area contributed by atoms with Crippen LogP contribution in [0.2, 0.25) is 0 Å². The number of fused-ring (bicyclic) bond motifs is 1. The maximum Gasteiger partial charge on any atom is 0.407 e. The third-order valence-electron chi connectivity index (χ3n) is 5.75. The minimum atomic E-state index is -0.552. The van der Waals surface area contributed by atoms with Crippen molar-refractivity contribution in [2.75, 3.05) is 0 Å². The number of nitrogens with zero attached hydrogens (tertiary/aromatic N) is 3. The number of hydrogen-bond acceptors (Lipinski definition) is 7. The summed E-state index contributed by atoms with van der Waals surface area (Å²) in [7, 11) is 0. The van der Waals surface area contributed by atoms with Crippen LogP contribution in [0.5, 0.6) is 5.88 Å². The topological polar surface area (TPSA) is 95.5 Å². The summed E-state index contributed by atoms with van der Waals surface area (Å²) >= 11 is 0. The normalized spacial score (nSPS) is 17.5. The van der Waals surface area contributed by atoms with E-state index < -0.39 is 11.7 Å². The summed E-state index contributed by atoms with van der Waals surface area (Å²) in [6, 6.07) is 9.66. The minimum absolute atomic E-state index is 0.0427. The molecule has 1 aliphatic rings. The van der Waals surface area contributed by atoms with E-state index in [4.69, 9.17) is 19.2 Å². The fraction of sp³-hybridized carbons (Fsp3) is 0.500. The lowest BCUT2D eigenvalue weighted by Crippen LogP contribution is -2.49. The molecule has 0 radical (unpaired) electrons. The van der Waals surface area contributed by atoms with Gasteiger partial charge in [0.25, 0.3) is 0 Å². The Kier molecular flexibility index (Phi) is 6.92. The lowest BCUT2D eigenvalue weighted by Gasteiger charge is -2.44. The fourth-order valence-electron chi connectivity index (χ4n) is 4.65. The lowest BCUT2D eigenvalue weighted by molar-refractivity contribution is -0.182. The maximum absolute atomic E-state index is 12.0. The second-order valence-electron chi connectivity index (χ2n) is 11.6. The molecule has 0 saturated carbocycles. The van der Waals surface area contributed by atoms with Crippen molar-refractivity contribution in [1.29, 1.82) is 0 Å². The Balaban J connectivity index is 1.45. The molecule has 8 nitrogen and oxygen atoms in total. The standard InChI is InChI=1S/C28H36N4O4/c1-26(2,3)35-25(33)31-17-20-12-23-19(15-29-20)8-10-22(32-23)18-9-11-24(30-16-18)34-21-13-27(4,5)36-28(6,7)14-21/h8-12,15-16,21H,13-14,17H2,1-7H3,(H,31,33). The van der Waals surface area contributed by atoms with E-state index in [0.717, 1.165) is 35.0 Å². The van der Waals surface area contributed by atoms with Crippen LogP contribution in [-0.4, -0.2) is 44.0 Å². The predicted octanol–water partition coefficient (Wildman–Crippen LogP) is 5.83. The first-order chi connectivity index (χ1) is 16.8. The van der Waals surface area contributed by atoms with E-state index in [9.17, 15) is 4.79 Å². The van der Waals surface area contributed by atoms with E-state index in [2.05, 4.69) is 43.0 Å². The quantitative estimate of drug-likeness (QED) is 0.479. The van der Waals surface area contributed by atoms with E-state index in [-0.39, 0.29) is 23.9 Å². The molecule has 1 saturated heterocycles. The number of carbonyl (C=O) groups is 1. The predicted molar refractivity (Wildman–Crippen MR) is 139 cm³/mol. The van der Waals surface area contributed by atoms with Gasteiger partial charge in [-0.2, -0.15) is 0 Å². The number of carbonyl (C=O) groups excluding carboxylic acids is 1. The van der Waals surface area contributed by atoms with E-state index in [0.29, 0.717) is 11.6 Å². The van der Waals surface area contributed by atoms with Gasteiger partial charge in [-0.25, -0.2) is 14.8 Å². The monoisotopic (exact) mass is 492 g/mol. The summed E-state index contributed by atoms with van der Waals surface area (Å²) in [4.78, 5) is 25.7. The van der Waals surface area contributed by atoms with Gasteiger partial charge in [0.1, 0.15) is 11.7 Å². The number of rotatable bonds is 5. The summed E-state index contributed by atoms with van der Waals surface area (Å²) < 4.78 is 17.7. The van der Waals surface area contributed by atoms with Crippen LogP contribution >= 0.6 is 0 Å². The molecule has 0 bridgehead atoms. The zero-order valence-corrected chi connectivity index (χ0v) is 22.2. The Bertz CT molecular complexity index is 1220. The Labute approximate surface area is 212 Å². The number of nitrogens with one attached hydrogen (secondary N) is 1. The molecular formula is C28H36N4O4. The third-order valence-corrected chi connectivity index (χ3v) is 5.75. The number of pyridine rings is 3. The van der Waals surface area contributed by atoms with Crippen molar-refractivity contribution in [2.45, 2.75) is 90.8 Å². The van der Waals surface area contributed by atoms with E-state index >= 15 is 0 Å². The number of ether oxygens (including phenoxy) is 3. The van der Waals surface area contributed by atoms with Crippen molar-refractivity contribution in [3.05, 3.63) is 48.4 Å². The Morgan fingerprint density at radius 2 is 1.78 bits per heavy atom. The molecule has 0 spiro atoms. The van der Waals surface area contributed by atoms with Gasteiger partial charge in [-0.3, -0.25) is 4.98 Å². The van der Waals surface area contributed by atoms with Gasteiger partial charge in [0, 0.05) is 42.3 Å². The second-order valence-corrected chi connectivity index (χ2v) is 11.6. The van der Waals surface area contributed by atoms with Crippen molar-refractivity contribution in [3.63, 3.8) is 0 Å². The molecular weight excluding hydrogens is 456 g/mol. The van der Waals surface area contributed by atoms with Crippen molar-refractivity contribution in [3.8, 4) is 17.1 Å². The molecule has 3 aromatic heterocycles. The molecule has 3 aromatic rings. The summed E-state index contributed by atoms with van der Waals surface area (Å²) in [6.45, 7) is 14.1. The van der Waals surface area contributed by atoms with E-state index in [1.54, 1.807) is 12.4 Å². The summed E-state index contributed by atoms with van der Waals surface area (Å²) in [5.74, 6) is 0.595. The van der Waals surface area contributed by atoms with Crippen LogP contribution in [0.1, 0.15) is 67.0 Å². The Morgan fingerprint density at radius 3 is 2.42 bits per heavy atom. The highest BCUT2D eigenvalue weighted by Crippen LogP contribution is 2.36. The molecule has 4 rings (SSSR count). The maximum atomic E-state index is 12.0. The lowest BCUT2D eigenvalue weighted by atomic mass is 9.87. The van der Waals surface area contributed by atoms with Crippen molar-refractivity contribution < 1.29 is 19.0 Å². The first-order valence-electron chi connectivity index (χ1n) is 12.3. The van der Waals surface area contributed by atoms with Gasteiger partial charge in [0.2, 0.25) is 5.88 Å². The second kappa shape index (κ2) is 9.65. The molecule has 1 amide bonds. The highest BCUT2D eigenvalue weighted by atomic mass is 16.6. The van der Waals surface area contributed by atoms with Crippen LogP contribution in [0.25, 0.3) is 22.2 Å².